The first-order valence-electron chi connectivity index (χ1n) is 9.98. The van der Waals surface area contributed by atoms with Gasteiger partial charge in [0, 0.05) is 0 Å². The Hall–Kier alpha value is -1.80. The van der Waals surface area contributed by atoms with Gasteiger partial charge in [0.2, 0.25) is 0 Å². The van der Waals surface area contributed by atoms with Gasteiger partial charge in [-0.05, 0) is 25.0 Å². The molecule has 2 fully saturated rings. The van der Waals surface area contributed by atoms with Crippen LogP contribution in [0.1, 0.15) is 25.0 Å². The molecular weight excluding hydrogens is 372 g/mol. The molecular formula is C23H28O6. The summed E-state index contributed by atoms with van der Waals surface area (Å²) in [6, 6.07) is 19.7. The van der Waals surface area contributed by atoms with Crippen LogP contribution in [-0.2, 0) is 36.9 Å². The Morgan fingerprint density at radius 2 is 1.55 bits per heavy atom. The van der Waals surface area contributed by atoms with Gasteiger partial charge in [-0.15, -0.1) is 0 Å². The maximum absolute atomic E-state index is 10.7. The van der Waals surface area contributed by atoms with E-state index in [1.807, 2.05) is 74.5 Å². The lowest BCUT2D eigenvalue weighted by Crippen LogP contribution is -2.44. The fourth-order valence-corrected chi connectivity index (χ4v) is 3.74. The molecule has 2 heterocycles. The predicted octanol–water partition coefficient (Wildman–Crippen LogP) is 3.03. The van der Waals surface area contributed by atoms with Crippen LogP contribution in [0.3, 0.4) is 0 Å². The molecule has 0 saturated carbocycles. The maximum Gasteiger partial charge on any atom is 0.190 e. The third-order valence-corrected chi connectivity index (χ3v) is 5.09. The van der Waals surface area contributed by atoms with Crippen molar-refractivity contribution in [1.29, 1.82) is 0 Å². The second kappa shape index (κ2) is 8.92. The summed E-state index contributed by atoms with van der Waals surface area (Å²) >= 11 is 0. The Morgan fingerprint density at radius 1 is 0.931 bits per heavy atom. The molecule has 2 saturated heterocycles. The quantitative estimate of drug-likeness (QED) is 0.735. The molecule has 0 bridgehead atoms. The van der Waals surface area contributed by atoms with E-state index >= 15 is 0 Å². The van der Waals surface area contributed by atoms with E-state index < -0.39 is 36.5 Å². The zero-order valence-corrected chi connectivity index (χ0v) is 16.8. The van der Waals surface area contributed by atoms with E-state index in [1.165, 1.54) is 0 Å². The van der Waals surface area contributed by atoms with Gasteiger partial charge in [-0.3, -0.25) is 0 Å². The lowest BCUT2D eigenvalue weighted by atomic mass is 10.1. The van der Waals surface area contributed by atoms with Crippen molar-refractivity contribution in [2.24, 2.45) is 0 Å². The van der Waals surface area contributed by atoms with Gasteiger partial charge in [-0.1, -0.05) is 60.7 Å². The number of aliphatic hydroxyl groups is 1. The molecule has 5 atom stereocenters. The van der Waals surface area contributed by atoms with E-state index in [0.717, 1.165) is 11.1 Å². The lowest BCUT2D eigenvalue weighted by Gasteiger charge is -2.28. The zero-order valence-electron chi connectivity index (χ0n) is 16.8. The Bertz CT molecular complexity index is 765. The van der Waals surface area contributed by atoms with Gasteiger partial charge in [0.1, 0.15) is 24.4 Å². The van der Waals surface area contributed by atoms with Gasteiger partial charge in [0.05, 0.1) is 19.8 Å². The Morgan fingerprint density at radius 3 is 2.21 bits per heavy atom. The van der Waals surface area contributed by atoms with E-state index in [0.29, 0.717) is 13.2 Å². The normalized spacial score (nSPS) is 28.9. The first-order valence-corrected chi connectivity index (χ1v) is 9.98. The lowest BCUT2D eigenvalue weighted by molar-refractivity contribution is -0.233. The fourth-order valence-electron chi connectivity index (χ4n) is 3.74. The van der Waals surface area contributed by atoms with Crippen molar-refractivity contribution >= 4 is 0 Å². The number of aliphatic hydroxyl groups excluding tert-OH is 1. The van der Waals surface area contributed by atoms with Gasteiger partial charge in [-0.25, -0.2) is 0 Å². The smallest absolute Gasteiger partial charge is 0.190 e. The minimum atomic E-state index is -0.861. The van der Waals surface area contributed by atoms with Crippen LogP contribution in [0.15, 0.2) is 60.7 Å². The van der Waals surface area contributed by atoms with Crippen LogP contribution in [0.25, 0.3) is 0 Å². The molecule has 0 spiro atoms. The molecule has 4 rings (SSSR count). The first kappa shape index (κ1) is 20.5. The average molecular weight is 400 g/mol. The molecule has 2 aromatic rings. The van der Waals surface area contributed by atoms with Crippen LogP contribution < -0.4 is 0 Å². The van der Waals surface area contributed by atoms with Crippen LogP contribution in [0, 0.1) is 0 Å². The summed E-state index contributed by atoms with van der Waals surface area (Å²) in [6.07, 6.45) is -2.89. The molecule has 1 N–H and O–H groups in total. The molecule has 6 nitrogen and oxygen atoms in total. The van der Waals surface area contributed by atoms with E-state index in [4.69, 9.17) is 23.7 Å². The minimum absolute atomic E-state index is 0.133. The molecule has 156 valence electrons. The molecule has 2 aromatic carbocycles. The highest BCUT2D eigenvalue weighted by Gasteiger charge is 2.57. The van der Waals surface area contributed by atoms with Crippen LogP contribution >= 0.6 is 0 Å². The maximum atomic E-state index is 10.7. The van der Waals surface area contributed by atoms with Crippen molar-refractivity contribution < 1.29 is 28.8 Å². The summed E-state index contributed by atoms with van der Waals surface area (Å²) in [5.41, 5.74) is 2.09. The summed E-state index contributed by atoms with van der Waals surface area (Å²) < 4.78 is 29.7. The second-order valence-electron chi connectivity index (χ2n) is 7.90. The van der Waals surface area contributed by atoms with E-state index in [9.17, 15) is 5.11 Å². The van der Waals surface area contributed by atoms with Crippen LogP contribution in [0.4, 0.5) is 0 Å². The Labute approximate surface area is 171 Å². The number of benzene rings is 2. The zero-order chi connectivity index (χ0) is 20.3. The van der Waals surface area contributed by atoms with Crippen molar-refractivity contribution in [3.8, 4) is 0 Å². The highest BCUT2D eigenvalue weighted by molar-refractivity contribution is 5.14. The summed E-state index contributed by atoms with van der Waals surface area (Å²) in [4.78, 5) is 0. The number of hydrogen-bond acceptors (Lipinski definition) is 6. The molecule has 6 heteroatoms. The number of hydrogen-bond donors (Lipinski definition) is 1. The SMILES string of the molecule is CC1(C)O[C@H]2O[C@H]([C@H](O)COCc3ccccc3)[C@H](OCc3ccccc3)[C@H]2O1. The van der Waals surface area contributed by atoms with E-state index in [-0.39, 0.29) is 6.61 Å². The fraction of sp³-hybridized carbons (Fsp3) is 0.478. The summed E-state index contributed by atoms with van der Waals surface area (Å²) in [5, 5.41) is 10.7. The molecule has 0 aliphatic carbocycles. The average Bonchev–Trinajstić information content (AvgIpc) is 3.19. The standard InChI is InChI=1S/C23H28O6/c1-23(2)28-21-20(26-14-17-11-7-4-8-12-17)19(27-22(21)29-23)18(24)15-25-13-16-9-5-3-6-10-16/h3-12,18-22,24H,13-15H2,1-2H3/t18-,19-,20+,21-,22-/m1/s1. The highest BCUT2D eigenvalue weighted by atomic mass is 16.8. The van der Waals surface area contributed by atoms with Crippen molar-refractivity contribution in [2.75, 3.05) is 6.61 Å². The van der Waals surface area contributed by atoms with Gasteiger partial charge >= 0.3 is 0 Å². The number of ether oxygens (including phenoxy) is 5. The predicted molar refractivity (Wildman–Crippen MR) is 106 cm³/mol. The molecule has 2 aliphatic rings. The summed E-state index contributed by atoms with van der Waals surface area (Å²) in [7, 11) is 0. The second-order valence-corrected chi connectivity index (χ2v) is 7.90. The monoisotopic (exact) mass is 400 g/mol. The third-order valence-electron chi connectivity index (χ3n) is 5.09. The van der Waals surface area contributed by atoms with E-state index in [1.54, 1.807) is 0 Å². The molecule has 2 aliphatic heterocycles. The van der Waals surface area contributed by atoms with Crippen LogP contribution in [0.5, 0.6) is 0 Å². The highest BCUT2D eigenvalue weighted by Crippen LogP contribution is 2.40. The summed E-state index contributed by atoms with van der Waals surface area (Å²) in [6.45, 7) is 4.64. The van der Waals surface area contributed by atoms with Crippen LogP contribution in [-0.4, -0.2) is 48.2 Å². The van der Waals surface area contributed by atoms with Crippen molar-refractivity contribution in [3.05, 3.63) is 71.8 Å². The molecule has 29 heavy (non-hydrogen) atoms. The van der Waals surface area contributed by atoms with Gasteiger partial charge in [0.25, 0.3) is 0 Å². The Kier molecular flexibility index (Phi) is 6.29. The number of fused-ring (bicyclic) bond motifs is 1. The number of rotatable bonds is 8. The van der Waals surface area contributed by atoms with E-state index in [2.05, 4.69) is 0 Å². The first-order chi connectivity index (χ1) is 14.0. The molecule has 0 unspecified atom stereocenters. The topological polar surface area (TPSA) is 66.4 Å². The van der Waals surface area contributed by atoms with Gasteiger partial charge in [-0.2, -0.15) is 0 Å². The summed E-state index contributed by atoms with van der Waals surface area (Å²) in [5.74, 6) is -0.747. The molecule has 0 radical (unpaired) electrons. The van der Waals surface area contributed by atoms with Crippen LogP contribution in [0.2, 0.25) is 0 Å². The van der Waals surface area contributed by atoms with Crippen molar-refractivity contribution in [3.63, 3.8) is 0 Å². The van der Waals surface area contributed by atoms with Crippen molar-refractivity contribution in [1.82, 2.24) is 0 Å². The van der Waals surface area contributed by atoms with Gasteiger partial charge in [0.15, 0.2) is 12.1 Å². The molecule has 0 amide bonds. The Balaban J connectivity index is 1.38. The van der Waals surface area contributed by atoms with Gasteiger partial charge < -0.3 is 28.8 Å². The molecule has 0 aromatic heterocycles. The minimum Gasteiger partial charge on any atom is -0.388 e. The largest absolute Gasteiger partial charge is 0.388 e. The third kappa shape index (κ3) is 5.04. The van der Waals surface area contributed by atoms with Crippen molar-refractivity contribution in [2.45, 2.75) is 63.6 Å².